The Hall–Kier alpha value is -3.41. The van der Waals surface area contributed by atoms with Gasteiger partial charge in [0.05, 0.1) is 23.1 Å². The van der Waals surface area contributed by atoms with E-state index in [1.165, 1.54) is 4.57 Å². The molecule has 0 saturated carbocycles. The second-order valence-electron chi connectivity index (χ2n) is 9.41. The molecule has 0 radical (unpaired) electrons. The number of hydrogen-bond donors (Lipinski definition) is 3. The average Bonchev–Trinajstić information content (AvgIpc) is 3.09. The highest BCUT2D eigenvalue weighted by Gasteiger charge is 2.31. The third-order valence-electron chi connectivity index (χ3n) is 6.51. The van der Waals surface area contributed by atoms with Gasteiger partial charge >= 0.3 is 5.76 Å². The summed E-state index contributed by atoms with van der Waals surface area (Å²) in [5.41, 5.74) is 3.23. The molecule has 1 aliphatic heterocycles. The fraction of sp³-hybridized carbons (Fsp3) is 0.423. The number of oxazole rings is 1. The maximum atomic E-state index is 12.8. The number of fused-ring (bicyclic) bond motifs is 1. The van der Waals surface area contributed by atoms with E-state index in [1.54, 1.807) is 20.0 Å². The Morgan fingerprint density at radius 3 is 2.79 bits per heavy atom. The summed E-state index contributed by atoms with van der Waals surface area (Å²) in [6.45, 7) is 3.02. The van der Waals surface area contributed by atoms with Crippen molar-refractivity contribution in [3.63, 3.8) is 0 Å². The SMILES string of the molecule is Cn1c(=O)oc2ccc(-c3ccc(C[C@@H](C#N)NC(=O)C4CNCCCC(C)(O)C4)cc3)cc21. The van der Waals surface area contributed by atoms with E-state index in [2.05, 4.69) is 16.7 Å². The molecule has 0 spiro atoms. The van der Waals surface area contributed by atoms with E-state index >= 15 is 0 Å². The number of hydrogen-bond acceptors (Lipinski definition) is 6. The van der Waals surface area contributed by atoms with E-state index in [4.69, 9.17) is 4.42 Å². The second-order valence-corrected chi connectivity index (χ2v) is 9.41. The van der Waals surface area contributed by atoms with Crippen LogP contribution in [0.2, 0.25) is 0 Å². The van der Waals surface area contributed by atoms with Crippen molar-refractivity contribution in [3.05, 3.63) is 58.6 Å². The average molecular weight is 463 g/mol. The van der Waals surface area contributed by atoms with E-state index < -0.39 is 17.4 Å². The number of aryl methyl sites for hydroxylation is 1. The summed E-state index contributed by atoms with van der Waals surface area (Å²) in [4.78, 5) is 24.6. The number of nitrogens with zero attached hydrogens (tertiary/aromatic N) is 2. The first-order valence-electron chi connectivity index (χ1n) is 11.6. The van der Waals surface area contributed by atoms with Gasteiger partial charge in [-0.05, 0) is 61.6 Å². The first-order valence-corrected chi connectivity index (χ1v) is 11.6. The van der Waals surface area contributed by atoms with Crippen LogP contribution >= 0.6 is 0 Å². The predicted molar refractivity (Wildman–Crippen MR) is 129 cm³/mol. The summed E-state index contributed by atoms with van der Waals surface area (Å²) >= 11 is 0. The molecule has 1 aromatic heterocycles. The molecule has 2 heterocycles. The Kier molecular flexibility index (Phi) is 6.87. The third-order valence-corrected chi connectivity index (χ3v) is 6.51. The summed E-state index contributed by atoms with van der Waals surface area (Å²) in [6.07, 6.45) is 2.26. The summed E-state index contributed by atoms with van der Waals surface area (Å²) in [6, 6.07) is 14.9. The summed E-state index contributed by atoms with van der Waals surface area (Å²) < 4.78 is 6.66. The van der Waals surface area contributed by atoms with Crippen molar-refractivity contribution < 1.29 is 14.3 Å². The van der Waals surface area contributed by atoms with Gasteiger partial charge in [0.2, 0.25) is 5.91 Å². The Balaban J connectivity index is 1.42. The highest BCUT2D eigenvalue weighted by Crippen LogP contribution is 2.25. The van der Waals surface area contributed by atoms with Gasteiger partial charge in [-0.2, -0.15) is 5.26 Å². The van der Waals surface area contributed by atoms with Gasteiger partial charge in [0.15, 0.2) is 5.58 Å². The number of benzene rings is 2. The van der Waals surface area contributed by atoms with Crippen LogP contribution in [-0.4, -0.2) is 40.3 Å². The Morgan fingerprint density at radius 2 is 2.06 bits per heavy atom. The molecule has 0 bridgehead atoms. The molecule has 1 saturated heterocycles. The Bertz CT molecular complexity index is 1270. The molecule has 2 unspecified atom stereocenters. The standard InChI is InChI=1S/C26H30N4O4/c1-26(33)10-3-11-28-16-20(14-26)24(31)29-21(15-27)12-17-4-6-18(7-5-17)19-8-9-23-22(13-19)30(2)25(32)34-23/h4-9,13,20-21,28,33H,3,10-12,14,16H2,1-2H3,(H,29,31)/t20?,21-,26?/m0/s1. The smallest absolute Gasteiger partial charge is 0.408 e. The van der Waals surface area contributed by atoms with Gasteiger partial charge in [0.1, 0.15) is 6.04 Å². The van der Waals surface area contributed by atoms with Crippen LogP contribution in [0, 0.1) is 17.2 Å². The van der Waals surface area contributed by atoms with Crippen molar-refractivity contribution in [3.8, 4) is 17.2 Å². The lowest BCUT2D eigenvalue weighted by atomic mass is 9.86. The van der Waals surface area contributed by atoms with E-state index in [9.17, 15) is 20.0 Å². The van der Waals surface area contributed by atoms with Crippen LogP contribution < -0.4 is 16.4 Å². The lowest BCUT2D eigenvalue weighted by Gasteiger charge is -2.31. The fourth-order valence-electron chi connectivity index (χ4n) is 4.55. The van der Waals surface area contributed by atoms with Crippen LogP contribution in [0.4, 0.5) is 0 Å². The minimum atomic E-state index is -0.881. The van der Waals surface area contributed by atoms with Crippen LogP contribution in [0.15, 0.2) is 51.7 Å². The van der Waals surface area contributed by atoms with E-state index in [0.29, 0.717) is 31.4 Å². The van der Waals surface area contributed by atoms with Crippen molar-refractivity contribution in [2.24, 2.45) is 13.0 Å². The first kappa shape index (κ1) is 23.7. The Labute approximate surface area is 198 Å². The van der Waals surface area contributed by atoms with Crippen LogP contribution in [0.1, 0.15) is 31.7 Å². The molecule has 0 aliphatic carbocycles. The predicted octanol–water partition coefficient (Wildman–Crippen LogP) is 2.49. The molecule has 1 fully saturated rings. The number of carbonyl (C=O) groups excluding carboxylic acids is 1. The number of aliphatic hydroxyl groups is 1. The second kappa shape index (κ2) is 9.84. The van der Waals surface area contributed by atoms with Gasteiger partial charge in [0.25, 0.3) is 0 Å². The van der Waals surface area contributed by atoms with Gasteiger partial charge in [-0.3, -0.25) is 9.36 Å². The van der Waals surface area contributed by atoms with Gasteiger partial charge in [0, 0.05) is 20.0 Å². The maximum absolute atomic E-state index is 12.8. The van der Waals surface area contributed by atoms with E-state index in [1.807, 2.05) is 36.4 Å². The van der Waals surface area contributed by atoms with Crippen molar-refractivity contribution in [2.45, 2.75) is 44.2 Å². The molecule has 34 heavy (non-hydrogen) atoms. The topological polar surface area (TPSA) is 120 Å². The number of amides is 1. The lowest BCUT2D eigenvalue weighted by molar-refractivity contribution is -0.127. The molecular formula is C26H30N4O4. The maximum Gasteiger partial charge on any atom is 0.419 e. The number of rotatable bonds is 5. The molecule has 1 amide bonds. The quantitative estimate of drug-likeness (QED) is 0.536. The molecule has 3 aromatic rings. The molecule has 3 atom stereocenters. The van der Waals surface area contributed by atoms with E-state index in [-0.39, 0.29) is 11.8 Å². The first-order chi connectivity index (χ1) is 16.3. The van der Waals surface area contributed by atoms with E-state index in [0.717, 1.165) is 35.2 Å². The van der Waals surface area contributed by atoms with Crippen LogP contribution in [-0.2, 0) is 18.3 Å². The molecule has 4 rings (SSSR count). The summed E-state index contributed by atoms with van der Waals surface area (Å²) in [5, 5.41) is 26.3. The summed E-state index contributed by atoms with van der Waals surface area (Å²) in [7, 11) is 1.67. The molecule has 178 valence electrons. The number of aromatic nitrogens is 1. The highest BCUT2D eigenvalue weighted by molar-refractivity contribution is 5.81. The van der Waals surface area contributed by atoms with Crippen molar-refractivity contribution in [1.82, 2.24) is 15.2 Å². The highest BCUT2D eigenvalue weighted by atomic mass is 16.4. The van der Waals surface area contributed by atoms with Gasteiger partial charge in [-0.25, -0.2) is 4.79 Å². The summed E-state index contributed by atoms with van der Waals surface area (Å²) in [5.74, 6) is -0.995. The minimum Gasteiger partial charge on any atom is -0.408 e. The van der Waals surface area contributed by atoms with Crippen LogP contribution in [0.3, 0.4) is 0 Å². The molecular weight excluding hydrogens is 432 g/mol. The fourth-order valence-corrected chi connectivity index (χ4v) is 4.55. The zero-order valence-electron chi connectivity index (χ0n) is 19.5. The largest absolute Gasteiger partial charge is 0.419 e. The number of carbonyl (C=O) groups is 1. The van der Waals surface area contributed by atoms with Gasteiger partial charge in [-0.15, -0.1) is 0 Å². The number of nitriles is 1. The Morgan fingerprint density at radius 1 is 1.32 bits per heavy atom. The van der Waals surface area contributed by atoms with Crippen molar-refractivity contribution in [1.29, 1.82) is 5.26 Å². The van der Waals surface area contributed by atoms with Crippen molar-refractivity contribution in [2.75, 3.05) is 13.1 Å². The molecule has 2 aromatic carbocycles. The number of nitrogens with one attached hydrogen (secondary N) is 2. The molecule has 3 N–H and O–H groups in total. The molecule has 8 nitrogen and oxygen atoms in total. The van der Waals surface area contributed by atoms with Crippen LogP contribution in [0.25, 0.3) is 22.2 Å². The zero-order chi connectivity index (χ0) is 24.3. The third kappa shape index (κ3) is 5.38. The minimum absolute atomic E-state index is 0.211. The van der Waals surface area contributed by atoms with Crippen molar-refractivity contribution >= 4 is 17.0 Å². The van der Waals surface area contributed by atoms with Crippen LogP contribution in [0.5, 0.6) is 0 Å². The normalized spacial score (nSPS) is 21.9. The molecule has 1 aliphatic rings. The lowest BCUT2D eigenvalue weighted by Crippen LogP contribution is -2.46. The molecule has 8 heteroatoms. The monoisotopic (exact) mass is 462 g/mol. The van der Waals surface area contributed by atoms with Gasteiger partial charge < -0.3 is 20.2 Å². The zero-order valence-corrected chi connectivity index (χ0v) is 19.5. The van der Waals surface area contributed by atoms with Gasteiger partial charge in [-0.1, -0.05) is 30.3 Å².